The number of halogens is 2. The SMILES string of the molecule is CCCCN(CC)Cc1cc(Nc2nc(C)cn3c(-c4cnn(CC)c4)cnc23)sn1.O=CNCc1cc(F)cc(F)c1. The Labute approximate surface area is 254 Å². The van der Waals surface area contributed by atoms with E-state index in [0.717, 1.165) is 71.4 Å². The minimum Gasteiger partial charge on any atom is -0.355 e. The van der Waals surface area contributed by atoms with Gasteiger partial charge in [0.05, 0.1) is 29.5 Å². The summed E-state index contributed by atoms with van der Waals surface area (Å²) in [5.41, 5.74) is 5.24. The maximum absolute atomic E-state index is 12.5. The molecule has 228 valence electrons. The van der Waals surface area contributed by atoms with Crippen molar-refractivity contribution >= 4 is 34.4 Å². The monoisotopic (exact) mass is 609 g/mol. The highest BCUT2D eigenvalue weighted by atomic mass is 32.1. The number of hydrogen-bond acceptors (Lipinski definition) is 8. The van der Waals surface area contributed by atoms with Crippen molar-refractivity contribution in [2.75, 3.05) is 18.4 Å². The molecule has 0 spiro atoms. The highest BCUT2D eigenvalue weighted by molar-refractivity contribution is 7.10. The maximum Gasteiger partial charge on any atom is 0.207 e. The van der Waals surface area contributed by atoms with Crippen molar-refractivity contribution < 1.29 is 13.6 Å². The Balaban J connectivity index is 0.000000296. The fourth-order valence-electron chi connectivity index (χ4n) is 4.47. The van der Waals surface area contributed by atoms with E-state index in [4.69, 9.17) is 4.98 Å². The van der Waals surface area contributed by atoms with E-state index < -0.39 is 11.6 Å². The molecule has 2 N–H and O–H groups in total. The molecule has 0 aliphatic carbocycles. The second-order valence-corrected chi connectivity index (χ2v) is 10.8. The molecule has 4 aromatic heterocycles. The van der Waals surface area contributed by atoms with Crippen molar-refractivity contribution in [2.24, 2.45) is 0 Å². The average molecular weight is 610 g/mol. The van der Waals surface area contributed by atoms with E-state index in [1.807, 2.05) is 36.4 Å². The van der Waals surface area contributed by atoms with Gasteiger partial charge in [-0.1, -0.05) is 20.3 Å². The van der Waals surface area contributed by atoms with Gasteiger partial charge in [0.1, 0.15) is 16.6 Å². The number of aromatic nitrogens is 6. The van der Waals surface area contributed by atoms with Gasteiger partial charge in [0.25, 0.3) is 0 Å². The summed E-state index contributed by atoms with van der Waals surface area (Å²) in [7, 11) is 0. The van der Waals surface area contributed by atoms with Crippen LogP contribution in [-0.2, 0) is 24.4 Å². The smallest absolute Gasteiger partial charge is 0.207 e. The van der Waals surface area contributed by atoms with Gasteiger partial charge in [-0.25, -0.2) is 18.7 Å². The van der Waals surface area contributed by atoms with Crippen LogP contribution in [0.1, 0.15) is 50.6 Å². The molecule has 0 aliphatic heterocycles. The van der Waals surface area contributed by atoms with Crippen LogP contribution in [0.25, 0.3) is 16.9 Å². The van der Waals surface area contributed by atoms with Crippen LogP contribution in [0.4, 0.5) is 19.6 Å². The number of aryl methyl sites for hydroxylation is 2. The molecular weight excluding hydrogens is 572 g/mol. The third kappa shape index (κ3) is 8.64. The molecule has 0 bridgehead atoms. The summed E-state index contributed by atoms with van der Waals surface area (Å²) < 4.78 is 33.6. The number of fused-ring (bicyclic) bond motifs is 1. The molecule has 0 saturated carbocycles. The van der Waals surface area contributed by atoms with Crippen LogP contribution in [0.15, 0.2) is 49.1 Å². The topological polar surface area (TPSA) is 105 Å². The van der Waals surface area contributed by atoms with Gasteiger partial charge >= 0.3 is 0 Å². The van der Waals surface area contributed by atoms with Gasteiger partial charge in [-0.15, -0.1) is 0 Å². The number of imidazole rings is 1. The third-order valence-electron chi connectivity index (χ3n) is 6.64. The average Bonchev–Trinajstić information content (AvgIpc) is 3.74. The van der Waals surface area contributed by atoms with Gasteiger partial charge in [-0.2, -0.15) is 9.47 Å². The van der Waals surface area contributed by atoms with Crippen LogP contribution < -0.4 is 10.6 Å². The lowest BCUT2D eigenvalue weighted by Crippen LogP contribution is -2.24. The Morgan fingerprint density at radius 2 is 1.86 bits per heavy atom. The summed E-state index contributed by atoms with van der Waals surface area (Å²) in [6.07, 6.45) is 10.7. The normalized spacial score (nSPS) is 11.0. The number of carbonyl (C=O) groups excluding carboxylic acids is 1. The van der Waals surface area contributed by atoms with E-state index >= 15 is 0 Å². The Morgan fingerprint density at radius 1 is 1.07 bits per heavy atom. The van der Waals surface area contributed by atoms with Gasteiger partial charge < -0.3 is 10.6 Å². The minimum atomic E-state index is -0.641. The summed E-state index contributed by atoms with van der Waals surface area (Å²) >= 11 is 1.47. The minimum absolute atomic E-state index is 0.137. The lowest BCUT2D eigenvalue weighted by molar-refractivity contribution is -0.109. The van der Waals surface area contributed by atoms with Crippen molar-refractivity contribution in [1.82, 2.24) is 38.7 Å². The lowest BCUT2D eigenvalue weighted by Gasteiger charge is -2.18. The molecule has 5 aromatic rings. The highest BCUT2D eigenvalue weighted by Crippen LogP contribution is 2.28. The molecule has 13 heteroatoms. The van der Waals surface area contributed by atoms with Gasteiger partial charge in [-0.3, -0.25) is 18.8 Å². The molecule has 0 radical (unpaired) electrons. The molecule has 0 fully saturated rings. The van der Waals surface area contributed by atoms with Crippen molar-refractivity contribution in [2.45, 2.75) is 60.2 Å². The molecule has 43 heavy (non-hydrogen) atoms. The van der Waals surface area contributed by atoms with E-state index in [0.29, 0.717) is 12.0 Å². The van der Waals surface area contributed by atoms with Crippen molar-refractivity contribution in [1.29, 1.82) is 0 Å². The third-order valence-corrected chi connectivity index (χ3v) is 7.38. The molecule has 0 aliphatic rings. The molecule has 5 rings (SSSR count). The van der Waals surface area contributed by atoms with Crippen LogP contribution in [0.5, 0.6) is 0 Å². The molecular formula is C30H37F2N9OS. The number of nitrogens with one attached hydrogen (secondary N) is 2. The molecule has 1 aromatic carbocycles. The Kier molecular flexibility index (Phi) is 11.3. The van der Waals surface area contributed by atoms with Crippen LogP contribution in [-0.4, -0.2) is 52.9 Å². The summed E-state index contributed by atoms with van der Waals surface area (Å²) in [6, 6.07) is 5.23. The summed E-state index contributed by atoms with van der Waals surface area (Å²) in [6.45, 7) is 12.5. The van der Waals surface area contributed by atoms with Crippen LogP contribution in [0.2, 0.25) is 0 Å². The summed E-state index contributed by atoms with van der Waals surface area (Å²) in [5.74, 6) is -0.543. The zero-order valence-electron chi connectivity index (χ0n) is 24.8. The summed E-state index contributed by atoms with van der Waals surface area (Å²) in [4.78, 5) is 21.6. The zero-order chi connectivity index (χ0) is 30.8. The Hall–Kier alpha value is -4.23. The first-order chi connectivity index (χ1) is 20.8. The van der Waals surface area contributed by atoms with E-state index in [1.54, 1.807) is 0 Å². The van der Waals surface area contributed by atoms with Crippen molar-refractivity contribution in [3.05, 3.63) is 77.6 Å². The number of rotatable bonds is 13. The number of carbonyl (C=O) groups is 1. The van der Waals surface area contributed by atoms with Crippen molar-refractivity contribution in [3.8, 4) is 11.3 Å². The van der Waals surface area contributed by atoms with Gasteiger partial charge in [0.2, 0.25) is 6.41 Å². The second kappa shape index (κ2) is 15.3. The summed E-state index contributed by atoms with van der Waals surface area (Å²) in [5, 5.41) is 11.1. The Bertz CT molecular complexity index is 1610. The standard InChI is InChI=1S/C22H30N8S.C8H7F2NO/c1-5-8-9-28(6-2)15-18-10-20(31-27-18)26-21-22-23-12-19(30(22)13-16(4)25-21)17-11-24-29(7-3)14-17;9-7-1-6(4-11-5-12)2-8(10)3-7/h10-14H,5-9,15H2,1-4H3,(H,25,26);1-3,5H,4H2,(H,11,12). The van der Waals surface area contributed by atoms with E-state index in [2.05, 4.69) is 61.2 Å². The molecule has 0 saturated heterocycles. The molecule has 0 unspecified atom stereocenters. The number of benzene rings is 1. The van der Waals surface area contributed by atoms with E-state index in [-0.39, 0.29) is 6.54 Å². The number of anilines is 2. The molecule has 10 nitrogen and oxygen atoms in total. The lowest BCUT2D eigenvalue weighted by atomic mass is 10.2. The maximum atomic E-state index is 12.5. The second-order valence-electron chi connectivity index (χ2n) is 9.96. The van der Waals surface area contributed by atoms with E-state index in [9.17, 15) is 13.6 Å². The molecule has 4 heterocycles. The highest BCUT2D eigenvalue weighted by Gasteiger charge is 2.15. The molecule has 1 amide bonds. The fraction of sp³-hybridized carbons (Fsp3) is 0.367. The molecule has 0 atom stereocenters. The Morgan fingerprint density at radius 3 is 2.53 bits per heavy atom. The first-order valence-electron chi connectivity index (χ1n) is 14.3. The predicted octanol–water partition coefficient (Wildman–Crippen LogP) is 5.95. The number of nitrogens with zero attached hydrogens (tertiary/aromatic N) is 7. The first kappa shape index (κ1) is 31.7. The van der Waals surface area contributed by atoms with Crippen LogP contribution >= 0.6 is 11.5 Å². The van der Waals surface area contributed by atoms with Gasteiger partial charge in [-0.05, 0) is 68.7 Å². The fourth-order valence-corrected chi connectivity index (χ4v) is 5.13. The van der Waals surface area contributed by atoms with E-state index in [1.165, 1.54) is 36.5 Å². The number of amides is 1. The van der Waals surface area contributed by atoms with Gasteiger partial charge in [0, 0.05) is 43.7 Å². The van der Waals surface area contributed by atoms with Crippen LogP contribution in [0, 0.1) is 18.6 Å². The predicted molar refractivity (Wildman–Crippen MR) is 165 cm³/mol. The van der Waals surface area contributed by atoms with Gasteiger partial charge in [0.15, 0.2) is 11.5 Å². The largest absolute Gasteiger partial charge is 0.355 e. The number of unbranched alkanes of at least 4 members (excludes halogenated alkanes) is 1. The van der Waals surface area contributed by atoms with Crippen molar-refractivity contribution in [3.63, 3.8) is 0 Å². The first-order valence-corrected chi connectivity index (χ1v) is 15.0. The quantitative estimate of drug-likeness (QED) is 0.159. The van der Waals surface area contributed by atoms with Crippen LogP contribution in [0.3, 0.4) is 0 Å². The number of hydrogen-bond donors (Lipinski definition) is 2. The zero-order valence-corrected chi connectivity index (χ0v) is 25.7.